The molecule has 27 heavy (non-hydrogen) atoms. The molecule has 3 heterocycles. The van der Waals surface area contributed by atoms with Crippen LogP contribution in [0.2, 0.25) is 0 Å². The van der Waals surface area contributed by atoms with Crippen LogP contribution in [-0.2, 0) is 18.6 Å². The van der Waals surface area contributed by atoms with Crippen LogP contribution in [-0.4, -0.2) is 75.2 Å². The minimum Gasteiger partial charge on any atom is -0.384 e. The van der Waals surface area contributed by atoms with Gasteiger partial charge in [-0.1, -0.05) is 0 Å². The lowest BCUT2D eigenvalue weighted by molar-refractivity contribution is -0.140. The second kappa shape index (κ2) is 7.87. The Morgan fingerprint density at radius 2 is 2.22 bits per heavy atom. The van der Waals surface area contributed by atoms with Gasteiger partial charge in [0.05, 0.1) is 19.8 Å². The Hall–Kier alpha value is -1.47. The fraction of sp³-hybridized carbons (Fsp3) is 0.692. The average Bonchev–Trinajstić information content (AvgIpc) is 2.83. The molecule has 0 bridgehead atoms. The number of aliphatic hydroxyl groups is 2. The maximum Gasteiger partial charge on any atom is 0.351 e. The summed E-state index contributed by atoms with van der Waals surface area (Å²) < 4.78 is 57.7. The molecule has 1 aromatic rings. The largest absolute Gasteiger partial charge is 0.384 e. The maximum absolute atomic E-state index is 14.4. The minimum absolute atomic E-state index is 0.0600. The zero-order valence-corrected chi connectivity index (χ0v) is 14.9. The number of aromatic nitrogens is 2. The van der Waals surface area contributed by atoms with Gasteiger partial charge >= 0.3 is 11.6 Å². The summed E-state index contributed by atoms with van der Waals surface area (Å²) in [6.07, 6.45) is -6.16. The molecule has 0 aliphatic carbocycles. The summed E-state index contributed by atoms with van der Waals surface area (Å²) in [4.78, 5) is 15.1. The number of nitrogen functional groups attached to an aromatic ring is 1. The number of rotatable bonds is 5. The van der Waals surface area contributed by atoms with Crippen molar-refractivity contribution in [3.63, 3.8) is 0 Å². The highest BCUT2D eigenvalue weighted by Gasteiger charge is 2.59. The fourth-order valence-electron chi connectivity index (χ4n) is 2.75. The van der Waals surface area contributed by atoms with E-state index in [2.05, 4.69) is 4.98 Å². The van der Waals surface area contributed by atoms with Crippen molar-refractivity contribution in [1.82, 2.24) is 14.2 Å². The molecule has 11 nitrogen and oxygen atoms in total. The molecule has 0 amide bonds. The Kier molecular flexibility index (Phi) is 5.91. The lowest BCUT2D eigenvalue weighted by Gasteiger charge is -2.30. The van der Waals surface area contributed by atoms with Gasteiger partial charge in [-0.25, -0.2) is 9.46 Å². The van der Waals surface area contributed by atoms with Gasteiger partial charge in [0.1, 0.15) is 18.1 Å². The summed E-state index contributed by atoms with van der Waals surface area (Å²) >= 11 is 0. The first-order valence-corrected chi connectivity index (χ1v) is 9.23. The van der Waals surface area contributed by atoms with E-state index < -0.39 is 51.1 Å². The maximum atomic E-state index is 14.4. The third-order valence-corrected chi connectivity index (χ3v) is 5.60. The van der Waals surface area contributed by atoms with Gasteiger partial charge in [0, 0.05) is 12.7 Å². The monoisotopic (exact) mass is 412 g/mol. The third-order valence-electron chi connectivity index (χ3n) is 4.19. The number of nitrogens with zero attached hydrogens (tertiary/aromatic N) is 3. The minimum atomic E-state index is -3.83. The molecule has 2 unspecified atom stereocenters. The molecule has 3 rings (SSSR count). The molecular weight excluding hydrogens is 393 g/mol. The summed E-state index contributed by atoms with van der Waals surface area (Å²) in [5.41, 5.74) is 4.25. The van der Waals surface area contributed by atoms with E-state index in [4.69, 9.17) is 19.7 Å². The van der Waals surface area contributed by atoms with E-state index in [9.17, 15) is 28.4 Å². The van der Waals surface area contributed by atoms with E-state index in [0.717, 1.165) is 16.9 Å². The SMILES string of the molecule is Nc1ccn([C@@H]2O[C@H](CO[PH](=O)N3CCOCC3O)[C@@H](O)C2(F)F)c(=O)n1. The summed E-state index contributed by atoms with van der Waals surface area (Å²) in [5.74, 6) is -3.98. The van der Waals surface area contributed by atoms with Crippen LogP contribution in [0.5, 0.6) is 0 Å². The van der Waals surface area contributed by atoms with E-state index in [1.807, 2.05) is 0 Å². The van der Waals surface area contributed by atoms with Crippen LogP contribution in [0, 0.1) is 0 Å². The molecule has 1 aromatic heterocycles. The summed E-state index contributed by atoms with van der Waals surface area (Å²) in [6.45, 7) is -0.327. The van der Waals surface area contributed by atoms with Gasteiger partial charge in [-0.05, 0) is 6.07 Å². The quantitative estimate of drug-likeness (QED) is 0.502. The lowest BCUT2D eigenvalue weighted by atomic mass is 10.1. The van der Waals surface area contributed by atoms with Crippen LogP contribution in [0.1, 0.15) is 6.23 Å². The Morgan fingerprint density at radius 1 is 1.48 bits per heavy atom. The van der Waals surface area contributed by atoms with Crippen molar-refractivity contribution in [1.29, 1.82) is 0 Å². The zero-order chi connectivity index (χ0) is 19.8. The van der Waals surface area contributed by atoms with E-state index in [-0.39, 0.29) is 25.6 Å². The Bertz CT molecular complexity index is 766. The van der Waals surface area contributed by atoms with Gasteiger partial charge < -0.3 is 29.9 Å². The summed E-state index contributed by atoms with van der Waals surface area (Å²) in [5, 5.41) is 19.6. The molecule has 0 saturated carbocycles. The highest BCUT2D eigenvalue weighted by atomic mass is 31.1. The summed E-state index contributed by atoms with van der Waals surface area (Å²) in [6, 6.07) is 1.13. The Labute approximate surface area is 152 Å². The van der Waals surface area contributed by atoms with E-state index in [1.165, 1.54) is 0 Å². The van der Waals surface area contributed by atoms with Crippen molar-refractivity contribution < 1.29 is 37.6 Å². The van der Waals surface area contributed by atoms with Crippen molar-refractivity contribution in [2.75, 3.05) is 32.1 Å². The van der Waals surface area contributed by atoms with Gasteiger partial charge in [0.25, 0.3) is 8.18 Å². The smallest absolute Gasteiger partial charge is 0.351 e. The van der Waals surface area contributed by atoms with Crippen molar-refractivity contribution in [2.45, 2.75) is 30.6 Å². The molecule has 2 saturated heterocycles. The van der Waals surface area contributed by atoms with E-state index in [0.29, 0.717) is 4.57 Å². The molecule has 2 aliphatic rings. The third kappa shape index (κ3) is 4.04. The van der Waals surface area contributed by atoms with Gasteiger partial charge in [-0.2, -0.15) is 13.8 Å². The predicted octanol–water partition coefficient (Wildman–Crippen LogP) is -1.22. The van der Waals surface area contributed by atoms with Crippen LogP contribution in [0.15, 0.2) is 17.1 Å². The number of hydrogen-bond acceptors (Lipinski definition) is 9. The molecule has 152 valence electrons. The van der Waals surface area contributed by atoms with Gasteiger partial charge in [-0.15, -0.1) is 0 Å². The molecule has 0 spiro atoms. The van der Waals surface area contributed by atoms with Gasteiger partial charge in [0.2, 0.25) is 6.23 Å². The van der Waals surface area contributed by atoms with Crippen LogP contribution >= 0.6 is 8.18 Å². The van der Waals surface area contributed by atoms with Crippen LogP contribution in [0.25, 0.3) is 0 Å². The number of alkyl halides is 2. The Morgan fingerprint density at radius 3 is 2.89 bits per heavy atom. The summed E-state index contributed by atoms with van der Waals surface area (Å²) in [7, 11) is -2.96. The number of nitrogens with two attached hydrogens (primary N) is 1. The predicted molar refractivity (Wildman–Crippen MR) is 86.3 cm³/mol. The van der Waals surface area contributed by atoms with Crippen molar-refractivity contribution in [2.24, 2.45) is 0 Å². The average molecular weight is 412 g/mol. The number of anilines is 1. The first-order chi connectivity index (χ1) is 12.7. The number of hydrogen-bond donors (Lipinski definition) is 3. The molecule has 4 N–H and O–H groups in total. The number of halogens is 2. The molecule has 0 aromatic carbocycles. The van der Waals surface area contributed by atoms with Gasteiger partial charge in [-0.3, -0.25) is 9.13 Å². The second-order valence-electron chi connectivity index (χ2n) is 6.01. The highest BCUT2D eigenvalue weighted by Crippen LogP contribution is 2.43. The molecule has 2 aliphatic heterocycles. The number of ether oxygens (including phenoxy) is 2. The number of morpholine rings is 1. The zero-order valence-electron chi connectivity index (χ0n) is 13.9. The van der Waals surface area contributed by atoms with Crippen LogP contribution < -0.4 is 11.4 Å². The van der Waals surface area contributed by atoms with Crippen molar-refractivity contribution in [3.05, 3.63) is 22.7 Å². The molecular formula is C13H19F2N4O7P. The molecule has 0 radical (unpaired) electrons. The van der Waals surface area contributed by atoms with Crippen LogP contribution in [0.4, 0.5) is 14.6 Å². The van der Waals surface area contributed by atoms with Crippen molar-refractivity contribution >= 4 is 14.0 Å². The van der Waals surface area contributed by atoms with Gasteiger partial charge in [0.15, 0.2) is 6.10 Å². The highest BCUT2D eigenvalue weighted by molar-refractivity contribution is 7.36. The number of aliphatic hydroxyl groups excluding tert-OH is 2. The first kappa shape index (κ1) is 20.3. The van der Waals surface area contributed by atoms with Crippen molar-refractivity contribution in [3.8, 4) is 0 Å². The first-order valence-electron chi connectivity index (χ1n) is 7.97. The fourth-order valence-corrected chi connectivity index (χ4v) is 3.81. The second-order valence-corrected chi connectivity index (χ2v) is 7.41. The van der Waals surface area contributed by atoms with E-state index >= 15 is 0 Å². The lowest BCUT2D eigenvalue weighted by Crippen LogP contribution is -2.42. The molecule has 14 heteroatoms. The topological polar surface area (TPSA) is 149 Å². The normalized spacial score (nSPS) is 32.4. The standard InChI is InChI=1S/C13H19F2N4O7P/c14-13(15)10(21)7(5-25-27(23)19-3-4-24-6-9(19)20)26-11(13)18-2-1-8(16)17-12(18)22/h1-2,7,9-11,20-21,27H,3-6H2,(H2,16,17,22)/t7-,9?,10-,11-/m1/s1. The van der Waals surface area contributed by atoms with E-state index in [1.54, 1.807) is 0 Å². The van der Waals surface area contributed by atoms with Crippen LogP contribution in [0.3, 0.4) is 0 Å². The Balaban J connectivity index is 1.68. The molecule has 5 atom stereocenters. The molecule has 2 fully saturated rings.